The molecule has 0 aliphatic carbocycles. The zero-order valence-electron chi connectivity index (χ0n) is 19.2. The van der Waals surface area contributed by atoms with E-state index in [0.29, 0.717) is 13.2 Å². The second-order valence-corrected chi connectivity index (χ2v) is 14.6. The van der Waals surface area contributed by atoms with Gasteiger partial charge in [0.25, 0.3) is 0 Å². The van der Waals surface area contributed by atoms with Gasteiger partial charge in [0.2, 0.25) is 0 Å². The van der Waals surface area contributed by atoms with Crippen molar-refractivity contribution in [2.24, 2.45) is 0 Å². The first-order valence-electron chi connectivity index (χ1n) is 11.0. The Bertz CT molecular complexity index is 757. The standard InChI is InChI=1S/C26H37NO2Si/c1-26(2,3)30(4,5)29-21-24(25-17-12-18-28-25)27(19-22-13-8-6-9-14-22)20-23-15-10-7-11-16-23/h6-17,24-25H,18-21H2,1-5H3/t24-,25-/m1/s1. The van der Waals surface area contributed by atoms with Crippen molar-refractivity contribution < 1.29 is 9.16 Å². The molecule has 2 aromatic carbocycles. The van der Waals surface area contributed by atoms with Gasteiger partial charge in [0.1, 0.15) is 0 Å². The molecule has 0 unspecified atom stereocenters. The first-order chi connectivity index (χ1) is 14.3. The number of hydrogen-bond acceptors (Lipinski definition) is 3. The maximum absolute atomic E-state index is 6.71. The second-order valence-electron chi connectivity index (χ2n) is 9.74. The minimum Gasteiger partial charge on any atom is -0.415 e. The predicted molar refractivity (Wildman–Crippen MR) is 128 cm³/mol. The molecule has 0 radical (unpaired) electrons. The molecule has 0 spiro atoms. The van der Waals surface area contributed by atoms with Crippen molar-refractivity contribution in [1.29, 1.82) is 0 Å². The first kappa shape index (κ1) is 23.0. The van der Waals surface area contributed by atoms with Crippen molar-refractivity contribution in [2.75, 3.05) is 13.2 Å². The van der Waals surface area contributed by atoms with Gasteiger partial charge in [-0.2, -0.15) is 0 Å². The second kappa shape index (κ2) is 10.1. The van der Waals surface area contributed by atoms with E-state index in [9.17, 15) is 0 Å². The average molecular weight is 424 g/mol. The van der Waals surface area contributed by atoms with Gasteiger partial charge in [-0.3, -0.25) is 4.90 Å². The van der Waals surface area contributed by atoms with Gasteiger partial charge in [-0.05, 0) is 29.3 Å². The molecule has 0 fully saturated rings. The fourth-order valence-electron chi connectivity index (χ4n) is 3.50. The van der Waals surface area contributed by atoms with Crippen molar-refractivity contribution >= 4 is 8.32 Å². The molecule has 1 heterocycles. The first-order valence-corrected chi connectivity index (χ1v) is 13.9. The molecule has 1 aliphatic heterocycles. The summed E-state index contributed by atoms with van der Waals surface area (Å²) in [6.07, 6.45) is 4.40. The molecule has 0 N–H and O–H groups in total. The van der Waals surface area contributed by atoms with Crippen LogP contribution in [0.25, 0.3) is 0 Å². The Morgan fingerprint density at radius 2 is 1.50 bits per heavy atom. The van der Waals surface area contributed by atoms with Crippen LogP contribution < -0.4 is 0 Å². The van der Waals surface area contributed by atoms with E-state index in [-0.39, 0.29) is 17.2 Å². The average Bonchev–Trinajstić information content (AvgIpc) is 3.23. The van der Waals surface area contributed by atoms with E-state index in [4.69, 9.17) is 9.16 Å². The van der Waals surface area contributed by atoms with E-state index in [1.54, 1.807) is 0 Å². The Balaban J connectivity index is 1.86. The monoisotopic (exact) mass is 423 g/mol. The highest BCUT2D eigenvalue weighted by molar-refractivity contribution is 6.74. The third-order valence-electron chi connectivity index (χ3n) is 6.44. The molecular weight excluding hydrogens is 386 g/mol. The fourth-order valence-corrected chi connectivity index (χ4v) is 4.52. The number of hydrogen-bond donors (Lipinski definition) is 0. The number of ether oxygens (including phenoxy) is 1. The third kappa shape index (κ3) is 6.14. The van der Waals surface area contributed by atoms with Crippen LogP contribution in [0.4, 0.5) is 0 Å². The number of benzene rings is 2. The molecule has 30 heavy (non-hydrogen) atoms. The van der Waals surface area contributed by atoms with Gasteiger partial charge in [0, 0.05) is 13.1 Å². The summed E-state index contributed by atoms with van der Waals surface area (Å²) in [5, 5.41) is 0.188. The van der Waals surface area contributed by atoms with E-state index in [1.165, 1.54) is 11.1 Å². The highest BCUT2D eigenvalue weighted by Crippen LogP contribution is 2.37. The topological polar surface area (TPSA) is 21.7 Å². The van der Waals surface area contributed by atoms with E-state index in [2.05, 4.69) is 112 Å². The molecule has 4 heteroatoms. The highest BCUT2D eigenvalue weighted by Gasteiger charge is 2.39. The van der Waals surface area contributed by atoms with Crippen LogP contribution in [0.2, 0.25) is 18.1 Å². The number of rotatable bonds is 9. The van der Waals surface area contributed by atoms with Crippen LogP contribution in [0, 0.1) is 0 Å². The molecule has 2 aromatic rings. The van der Waals surface area contributed by atoms with Crippen LogP contribution in [-0.2, 0) is 22.3 Å². The maximum Gasteiger partial charge on any atom is 0.192 e. The largest absolute Gasteiger partial charge is 0.415 e. The fraction of sp³-hybridized carbons (Fsp3) is 0.462. The molecule has 0 saturated carbocycles. The van der Waals surface area contributed by atoms with Gasteiger partial charge < -0.3 is 9.16 Å². The molecule has 2 atom stereocenters. The van der Waals surface area contributed by atoms with Crippen LogP contribution in [0.1, 0.15) is 31.9 Å². The molecule has 0 saturated heterocycles. The summed E-state index contributed by atoms with van der Waals surface area (Å²) in [6.45, 7) is 14.7. The van der Waals surface area contributed by atoms with E-state index >= 15 is 0 Å². The van der Waals surface area contributed by atoms with Crippen molar-refractivity contribution in [2.45, 2.75) is 64.1 Å². The van der Waals surface area contributed by atoms with E-state index in [0.717, 1.165) is 13.1 Å². The predicted octanol–water partition coefficient (Wildman–Crippen LogP) is 6.03. The Morgan fingerprint density at radius 1 is 0.967 bits per heavy atom. The maximum atomic E-state index is 6.71. The third-order valence-corrected chi connectivity index (χ3v) is 10.9. The lowest BCUT2D eigenvalue weighted by molar-refractivity contribution is 0.00585. The Hall–Kier alpha value is -1.72. The van der Waals surface area contributed by atoms with Gasteiger partial charge >= 0.3 is 0 Å². The zero-order chi connectivity index (χ0) is 21.6. The molecular formula is C26H37NO2Si. The van der Waals surface area contributed by atoms with Crippen LogP contribution in [0.5, 0.6) is 0 Å². The van der Waals surface area contributed by atoms with Gasteiger partial charge in [0.15, 0.2) is 8.32 Å². The molecule has 0 aromatic heterocycles. The summed E-state index contributed by atoms with van der Waals surface area (Å²) >= 11 is 0. The normalized spacial score (nSPS) is 18.1. The van der Waals surface area contributed by atoms with Crippen molar-refractivity contribution in [3.8, 4) is 0 Å². The molecule has 3 nitrogen and oxygen atoms in total. The van der Waals surface area contributed by atoms with Crippen LogP contribution in [0.3, 0.4) is 0 Å². The van der Waals surface area contributed by atoms with Gasteiger partial charge in [-0.25, -0.2) is 0 Å². The van der Waals surface area contributed by atoms with E-state index < -0.39 is 8.32 Å². The lowest BCUT2D eigenvalue weighted by Gasteiger charge is -2.40. The Morgan fingerprint density at radius 3 is 1.93 bits per heavy atom. The van der Waals surface area contributed by atoms with Crippen LogP contribution >= 0.6 is 0 Å². The minimum atomic E-state index is -1.85. The molecule has 1 aliphatic rings. The zero-order valence-corrected chi connectivity index (χ0v) is 20.2. The summed E-state index contributed by atoms with van der Waals surface area (Å²) < 4.78 is 12.8. The van der Waals surface area contributed by atoms with Gasteiger partial charge in [-0.15, -0.1) is 0 Å². The SMILES string of the molecule is CC(C)(C)[Si](C)(C)OC[C@H]([C@H]1C=CCO1)N(Cc1ccccc1)Cc1ccccc1. The van der Waals surface area contributed by atoms with Crippen LogP contribution in [0.15, 0.2) is 72.8 Å². The van der Waals surface area contributed by atoms with Crippen molar-refractivity contribution in [1.82, 2.24) is 4.90 Å². The molecule has 3 rings (SSSR count). The summed E-state index contributed by atoms with van der Waals surface area (Å²) in [7, 11) is -1.85. The lowest BCUT2D eigenvalue weighted by atomic mass is 10.1. The highest BCUT2D eigenvalue weighted by atomic mass is 28.4. The quantitative estimate of drug-likeness (QED) is 0.363. The smallest absolute Gasteiger partial charge is 0.192 e. The molecule has 0 bridgehead atoms. The minimum absolute atomic E-state index is 0.0576. The Kier molecular flexibility index (Phi) is 7.69. The summed E-state index contributed by atoms with van der Waals surface area (Å²) in [5.74, 6) is 0. The summed E-state index contributed by atoms with van der Waals surface area (Å²) in [5.41, 5.74) is 2.63. The Labute approximate surface area is 183 Å². The number of nitrogens with zero attached hydrogens (tertiary/aromatic N) is 1. The van der Waals surface area contributed by atoms with Crippen molar-refractivity contribution in [3.63, 3.8) is 0 Å². The molecule has 0 amide bonds. The van der Waals surface area contributed by atoms with E-state index in [1.807, 2.05) is 0 Å². The summed E-state index contributed by atoms with van der Waals surface area (Å²) in [6, 6.07) is 21.6. The van der Waals surface area contributed by atoms with Crippen molar-refractivity contribution in [3.05, 3.63) is 83.9 Å². The van der Waals surface area contributed by atoms with Gasteiger partial charge in [-0.1, -0.05) is 93.6 Å². The lowest BCUT2D eigenvalue weighted by Crippen LogP contribution is -2.50. The van der Waals surface area contributed by atoms with Crippen LogP contribution in [-0.4, -0.2) is 38.6 Å². The van der Waals surface area contributed by atoms with Gasteiger partial charge in [0.05, 0.1) is 25.4 Å². The molecule has 162 valence electrons. The summed E-state index contributed by atoms with van der Waals surface area (Å²) in [4.78, 5) is 2.53.